The van der Waals surface area contributed by atoms with E-state index in [1.54, 1.807) is 7.11 Å². The number of carbonyl (C=O) groups is 1. The van der Waals surface area contributed by atoms with Gasteiger partial charge in [0.05, 0.1) is 12.3 Å². The molecule has 4 heteroatoms. The molecule has 0 aliphatic heterocycles. The van der Waals surface area contributed by atoms with Crippen molar-refractivity contribution in [2.24, 2.45) is 5.16 Å². The molecule has 0 heterocycles. The third-order valence-electron chi connectivity index (χ3n) is 5.84. The van der Waals surface area contributed by atoms with Gasteiger partial charge < -0.3 is 9.57 Å². The van der Waals surface area contributed by atoms with Crippen LogP contribution in [-0.2, 0) is 27.2 Å². The molecule has 2 aliphatic carbocycles. The van der Waals surface area contributed by atoms with Crippen LogP contribution in [0.3, 0.4) is 0 Å². The summed E-state index contributed by atoms with van der Waals surface area (Å²) >= 11 is 0. The lowest BCUT2D eigenvalue weighted by atomic mass is 9.81. The van der Waals surface area contributed by atoms with Gasteiger partial charge >= 0.3 is 5.97 Å². The first-order valence-electron chi connectivity index (χ1n) is 10.4. The molecule has 150 valence electrons. The second-order valence-corrected chi connectivity index (χ2v) is 7.65. The van der Waals surface area contributed by atoms with Crippen LogP contribution < -0.4 is 0 Å². The Labute approximate surface area is 171 Å². The minimum atomic E-state index is -0.316. The number of hydrogen-bond acceptors (Lipinski definition) is 4. The van der Waals surface area contributed by atoms with Gasteiger partial charge in [0.1, 0.15) is 7.11 Å². The molecule has 0 radical (unpaired) electrons. The molecular weight excluding hydrogens is 362 g/mol. The number of carbonyl (C=O) groups excluding carboxylic acids is 1. The van der Waals surface area contributed by atoms with Gasteiger partial charge in [-0.1, -0.05) is 35.0 Å². The quantitative estimate of drug-likeness (QED) is 0.387. The Morgan fingerprint density at radius 2 is 2.00 bits per heavy atom. The normalized spacial score (nSPS) is 17.6. The lowest BCUT2D eigenvalue weighted by Crippen LogP contribution is -2.12. The zero-order chi connectivity index (χ0) is 20.4. The van der Waals surface area contributed by atoms with E-state index in [9.17, 15) is 4.79 Å². The first kappa shape index (κ1) is 19.4. The van der Waals surface area contributed by atoms with Gasteiger partial charge in [0.2, 0.25) is 0 Å². The van der Waals surface area contributed by atoms with E-state index in [4.69, 9.17) is 9.57 Å². The molecule has 4 rings (SSSR count). The van der Waals surface area contributed by atoms with Crippen LogP contribution in [0.15, 0.2) is 41.1 Å². The molecule has 2 aromatic carbocycles. The van der Waals surface area contributed by atoms with Crippen molar-refractivity contribution in [2.45, 2.75) is 46.0 Å². The molecule has 0 saturated carbocycles. The average Bonchev–Trinajstić information content (AvgIpc) is 3.12. The fourth-order valence-electron chi connectivity index (χ4n) is 4.69. The summed E-state index contributed by atoms with van der Waals surface area (Å²) in [6.45, 7) is 4.37. The van der Waals surface area contributed by atoms with Crippen LogP contribution in [-0.4, -0.2) is 25.4 Å². The molecule has 0 atom stereocenters. The highest BCUT2D eigenvalue weighted by atomic mass is 16.6. The Balaban J connectivity index is 1.99. The predicted octanol–water partition coefficient (Wildman–Crippen LogP) is 5.47. The molecule has 0 saturated heterocycles. The zero-order valence-corrected chi connectivity index (χ0v) is 17.4. The van der Waals surface area contributed by atoms with E-state index in [1.807, 2.05) is 13.0 Å². The molecule has 29 heavy (non-hydrogen) atoms. The van der Waals surface area contributed by atoms with Gasteiger partial charge in [-0.25, -0.2) is 4.79 Å². The van der Waals surface area contributed by atoms with Gasteiger partial charge in [0.25, 0.3) is 0 Å². The minimum Gasteiger partial charge on any atom is -0.463 e. The van der Waals surface area contributed by atoms with E-state index in [2.05, 4.69) is 36.3 Å². The molecule has 0 fully saturated rings. The number of aryl methyl sites for hydroxylation is 2. The van der Waals surface area contributed by atoms with E-state index >= 15 is 0 Å². The Morgan fingerprint density at radius 3 is 2.79 bits per heavy atom. The van der Waals surface area contributed by atoms with Crippen molar-refractivity contribution in [1.82, 2.24) is 0 Å². The molecule has 2 aromatic rings. The SMILES string of the molecule is CCOC(=O)/C=C/c1cc2c3c(cccc3c1C1=C(C)CCC/C1=N\OC)CC2. The second-order valence-electron chi connectivity index (χ2n) is 7.65. The minimum absolute atomic E-state index is 0.316. The number of nitrogens with zero attached hydrogens (tertiary/aromatic N) is 1. The smallest absolute Gasteiger partial charge is 0.330 e. The average molecular weight is 389 g/mol. The molecule has 4 nitrogen and oxygen atoms in total. The van der Waals surface area contributed by atoms with E-state index in [0.29, 0.717) is 6.61 Å². The molecule has 0 bridgehead atoms. The maximum Gasteiger partial charge on any atom is 0.330 e. The molecule has 2 aliphatic rings. The summed E-state index contributed by atoms with van der Waals surface area (Å²) in [5.74, 6) is -0.316. The van der Waals surface area contributed by atoms with Gasteiger partial charge in [0, 0.05) is 11.6 Å². The summed E-state index contributed by atoms with van der Waals surface area (Å²) in [6, 6.07) is 8.80. The van der Waals surface area contributed by atoms with Gasteiger partial charge in [-0.05, 0) is 85.1 Å². The summed E-state index contributed by atoms with van der Waals surface area (Å²) in [5.41, 5.74) is 8.41. The van der Waals surface area contributed by atoms with E-state index in [-0.39, 0.29) is 5.97 Å². The zero-order valence-electron chi connectivity index (χ0n) is 17.4. The fraction of sp³-hybridized carbons (Fsp3) is 0.360. The number of oxime groups is 1. The molecule has 0 spiro atoms. The summed E-state index contributed by atoms with van der Waals surface area (Å²) in [5, 5.41) is 6.96. The largest absolute Gasteiger partial charge is 0.463 e. The third kappa shape index (κ3) is 3.59. The predicted molar refractivity (Wildman–Crippen MR) is 118 cm³/mol. The van der Waals surface area contributed by atoms with Crippen LogP contribution in [0, 0.1) is 0 Å². The van der Waals surface area contributed by atoms with Gasteiger partial charge in [-0.15, -0.1) is 0 Å². The lowest BCUT2D eigenvalue weighted by Gasteiger charge is -2.23. The van der Waals surface area contributed by atoms with Crippen molar-refractivity contribution in [3.8, 4) is 0 Å². The number of ether oxygens (including phenoxy) is 1. The molecular formula is C25H27NO3. The second kappa shape index (κ2) is 8.24. The fourth-order valence-corrected chi connectivity index (χ4v) is 4.69. The Bertz CT molecular complexity index is 1060. The number of hydrogen-bond donors (Lipinski definition) is 0. The van der Waals surface area contributed by atoms with Crippen LogP contribution in [0.25, 0.3) is 22.4 Å². The van der Waals surface area contributed by atoms with Crippen LogP contribution in [0.4, 0.5) is 0 Å². The number of benzene rings is 2. The van der Waals surface area contributed by atoms with Crippen molar-refractivity contribution >= 4 is 34.1 Å². The molecule has 0 aromatic heterocycles. The van der Waals surface area contributed by atoms with Crippen molar-refractivity contribution in [1.29, 1.82) is 0 Å². The molecule has 0 unspecified atom stereocenters. The summed E-state index contributed by atoms with van der Waals surface area (Å²) in [6.07, 6.45) is 8.54. The monoisotopic (exact) mass is 389 g/mol. The standard InChI is InChI=1S/C25H27NO3/c1-4-29-22(27)14-13-19-15-18-12-11-17-8-6-9-20(24(17)18)25(19)23-16(2)7-5-10-21(23)26-28-3/h6,8-9,13-15H,4-5,7,10-12H2,1-3H3/b14-13+,26-21+. The van der Waals surface area contributed by atoms with Crippen molar-refractivity contribution in [3.63, 3.8) is 0 Å². The van der Waals surface area contributed by atoms with E-state index in [1.165, 1.54) is 33.5 Å². The first-order chi connectivity index (χ1) is 14.1. The van der Waals surface area contributed by atoms with Crippen molar-refractivity contribution < 1.29 is 14.4 Å². The van der Waals surface area contributed by atoms with E-state index in [0.717, 1.165) is 54.5 Å². The Morgan fingerprint density at radius 1 is 1.17 bits per heavy atom. The topological polar surface area (TPSA) is 47.9 Å². The van der Waals surface area contributed by atoms with Crippen molar-refractivity contribution in [2.75, 3.05) is 13.7 Å². The summed E-state index contributed by atoms with van der Waals surface area (Å²) < 4.78 is 5.10. The van der Waals surface area contributed by atoms with Crippen LogP contribution in [0.1, 0.15) is 55.4 Å². The van der Waals surface area contributed by atoms with Crippen LogP contribution >= 0.6 is 0 Å². The number of esters is 1. The number of rotatable bonds is 5. The maximum atomic E-state index is 12.0. The molecule has 0 N–H and O–H groups in total. The van der Waals surface area contributed by atoms with Gasteiger partial charge in [-0.2, -0.15) is 0 Å². The van der Waals surface area contributed by atoms with Crippen LogP contribution in [0.2, 0.25) is 0 Å². The third-order valence-corrected chi connectivity index (χ3v) is 5.84. The highest BCUT2D eigenvalue weighted by molar-refractivity contribution is 6.29. The Hall–Kier alpha value is -2.88. The highest BCUT2D eigenvalue weighted by Gasteiger charge is 2.25. The Kier molecular flexibility index (Phi) is 5.52. The highest BCUT2D eigenvalue weighted by Crippen LogP contribution is 2.41. The summed E-state index contributed by atoms with van der Waals surface area (Å²) in [4.78, 5) is 17.2. The molecule has 0 amide bonds. The van der Waals surface area contributed by atoms with Crippen molar-refractivity contribution in [3.05, 3.63) is 58.2 Å². The number of allylic oxidation sites excluding steroid dienone is 2. The van der Waals surface area contributed by atoms with Crippen LogP contribution in [0.5, 0.6) is 0 Å². The maximum absolute atomic E-state index is 12.0. The van der Waals surface area contributed by atoms with Gasteiger partial charge in [-0.3, -0.25) is 0 Å². The first-order valence-corrected chi connectivity index (χ1v) is 10.4. The summed E-state index contributed by atoms with van der Waals surface area (Å²) in [7, 11) is 1.60. The van der Waals surface area contributed by atoms with Gasteiger partial charge in [0.15, 0.2) is 0 Å². The van der Waals surface area contributed by atoms with E-state index < -0.39 is 0 Å². The lowest BCUT2D eigenvalue weighted by molar-refractivity contribution is -0.137.